The van der Waals surface area contributed by atoms with Gasteiger partial charge in [0.15, 0.2) is 0 Å². The van der Waals surface area contributed by atoms with Gasteiger partial charge in [0.1, 0.15) is 5.75 Å². The first-order valence-corrected chi connectivity index (χ1v) is 6.63. The van der Waals surface area contributed by atoms with Crippen LogP contribution in [-0.2, 0) is 37.1 Å². The SMILES string of the molecule is CCCCOS(=O)(=O)Cc1ccccc1.[Mn]. The van der Waals surface area contributed by atoms with Crippen molar-refractivity contribution in [1.82, 2.24) is 0 Å². The van der Waals surface area contributed by atoms with E-state index in [1.54, 1.807) is 12.1 Å². The fraction of sp³-hybridized carbons (Fsp3) is 0.455. The van der Waals surface area contributed by atoms with Crippen LogP contribution in [0.4, 0.5) is 0 Å². The molecule has 0 aliphatic heterocycles. The molecule has 3 nitrogen and oxygen atoms in total. The Kier molecular flexibility index (Phi) is 7.68. The van der Waals surface area contributed by atoms with Crippen LogP contribution in [0.15, 0.2) is 30.3 Å². The van der Waals surface area contributed by atoms with Crippen molar-refractivity contribution in [2.45, 2.75) is 25.5 Å². The molecule has 16 heavy (non-hydrogen) atoms. The minimum absolute atomic E-state index is 0. The second-order valence-corrected chi connectivity index (χ2v) is 5.00. The topological polar surface area (TPSA) is 43.4 Å². The first-order chi connectivity index (χ1) is 7.14. The minimum atomic E-state index is -3.41. The molecule has 0 saturated carbocycles. The molecule has 1 aromatic rings. The molecule has 0 heterocycles. The van der Waals surface area contributed by atoms with E-state index in [1.807, 2.05) is 25.1 Å². The van der Waals surface area contributed by atoms with Crippen molar-refractivity contribution in [2.75, 3.05) is 6.61 Å². The number of hydrogen-bond acceptors (Lipinski definition) is 3. The molecule has 0 N–H and O–H groups in total. The van der Waals surface area contributed by atoms with E-state index < -0.39 is 10.1 Å². The molecule has 0 spiro atoms. The van der Waals surface area contributed by atoms with E-state index in [0.717, 1.165) is 18.4 Å². The van der Waals surface area contributed by atoms with E-state index in [0.29, 0.717) is 0 Å². The zero-order valence-corrected chi connectivity index (χ0v) is 11.2. The predicted molar refractivity (Wildman–Crippen MR) is 59.9 cm³/mol. The Bertz CT molecular complexity index is 375. The maximum absolute atomic E-state index is 11.5. The summed E-state index contributed by atoms with van der Waals surface area (Å²) in [6, 6.07) is 9.04. The van der Waals surface area contributed by atoms with Crippen LogP contribution in [-0.4, -0.2) is 15.0 Å². The monoisotopic (exact) mass is 283 g/mol. The smallest absolute Gasteiger partial charge is 0.270 e. The average molecular weight is 283 g/mol. The van der Waals surface area contributed by atoms with Gasteiger partial charge in [-0.1, -0.05) is 43.7 Å². The summed E-state index contributed by atoms with van der Waals surface area (Å²) >= 11 is 0. The van der Waals surface area contributed by atoms with Gasteiger partial charge in [0.05, 0.1) is 6.61 Å². The van der Waals surface area contributed by atoms with Gasteiger partial charge >= 0.3 is 0 Å². The second-order valence-electron chi connectivity index (χ2n) is 3.36. The van der Waals surface area contributed by atoms with Crippen molar-refractivity contribution >= 4 is 10.1 Å². The van der Waals surface area contributed by atoms with E-state index in [1.165, 1.54) is 0 Å². The van der Waals surface area contributed by atoms with Crippen molar-refractivity contribution in [3.05, 3.63) is 35.9 Å². The summed E-state index contributed by atoms with van der Waals surface area (Å²) in [6.45, 7) is 2.28. The number of hydrogen-bond donors (Lipinski definition) is 0. The van der Waals surface area contributed by atoms with Gasteiger partial charge in [0.25, 0.3) is 10.1 Å². The van der Waals surface area contributed by atoms with Gasteiger partial charge in [-0.25, -0.2) is 0 Å². The van der Waals surface area contributed by atoms with Gasteiger partial charge < -0.3 is 0 Å². The van der Waals surface area contributed by atoms with E-state index in [2.05, 4.69) is 0 Å². The molecular weight excluding hydrogens is 267 g/mol. The molecule has 0 atom stereocenters. The third kappa shape index (κ3) is 6.28. The molecule has 0 aliphatic carbocycles. The number of rotatable bonds is 6. The molecule has 1 aromatic carbocycles. The van der Waals surface area contributed by atoms with Crippen molar-refractivity contribution in [3.63, 3.8) is 0 Å². The van der Waals surface area contributed by atoms with Gasteiger partial charge in [-0.05, 0) is 12.0 Å². The summed E-state index contributed by atoms with van der Waals surface area (Å²) < 4.78 is 27.8. The molecule has 0 unspecified atom stereocenters. The third-order valence-corrected chi connectivity index (χ3v) is 3.16. The van der Waals surface area contributed by atoms with Crippen LogP contribution in [0.1, 0.15) is 25.3 Å². The molecule has 0 amide bonds. The van der Waals surface area contributed by atoms with Gasteiger partial charge in [-0.15, -0.1) is 0 Å². The Morgan fingerprint density at radius 2 is 1.81 bits per heavy atom. The summed E-state index contributed by atoms with van der Waals surface area (Å²) in [5.41, 5.74) is 0.758. The molecule has 1 radical (unpaired) electrons. The first-order valence-electron chi connectivity index (χ1n) is 5.05. The molecule has 91 valence electrons. The maximum Gasteiger partial charge on any atom is 0.271 e. The van der Waals surface area contributed by atoms with Crippen LogP contribution in [0.3, 0.4) is 0 Å². The average Bonchev–Trinajstić information content (AvgIpc) is 2.18. The quantitative estimate of drug-likeness (QED) is 0.457. The fourth-order valence-electron chi connectivity index (χ4n) is 1.15. The molecule has 5 heteroatoms. The van der Waals surface area contributed by atoms with E-state index in [9.17, 15) is 8.42 Å². The van der Waals surface area contributed by atoms with Crippen LogP contribution in [0.5, 0.6) is 0 Å². The predicted octanol–water partition coefficient (Wildman–Crippen LogP) is 2.33. The van der Waals surface area contributed by atoms with Crippen LogP contribution >= 0.6 is 0 Å². The second kappa shape index (κ2) is 7.85. The molecule has 0 aliphatic rings. The molecule has 0 fully saturated rings. The van der Waals surface area contributed by atoms with E-state index in [-0.39, 0.29) is 29.4 Å². The van der Waals surface area contributed by atoms with Crippen molar-refractivity contribution in [3.8, 4) is 0 Å². The van der Waals surface area contributed by atoms with Crippen LogP contribution in [0, 0.1) is 0 Å². The Morgan fingerprint density at radius 3 is 2.38 bits per heavy atom. The molecular formula is C11H16MnO3S. The third-order valence-electron chi connectivity index (χ3n) is 1.95. The Labute approximate surface area is 108 Å². The Balaban J connectivity index is 0.00000225. The number of unbranched alkanes of at least 4 members (excludes halogenated alkanes) is 1. The van der Waals surface area contributed by atoms with Crippen LogP contribution in [0.25, 0.3) is 0 Å². The number of benzene rings is 1. The van der Waals surface area contributed by atoms with Gasteiger partial charge in [0.2, 0.25) is 0 Å². The maximum atomic E-state index is 11.5. The van der Waals surface area contributed by atoms with Crippen molar-refractivity contribution in [1.29, 1.82) is 0 Å². The first kappa shape index (κ1) is 15.6. The van der Waals surface area contributed by atoms with Gasteiger partial charge in [-0.2, -0.15) is 8.42 Å². The minimum Gasteiger partial charge on any atom is -0.270 e. The normalized spacial score (nSPS) is 10.8. The molecule has 0 saturated heterocycles. The summed E-state index contributed by atoms with van der Waals surface area (Å²) in [6.07, 6.45) is 1.70. The van der Waals surface area contributed by atoms with Crippen LogP contribution < -0.4 is 0 Å². The fourth-order valence-corrected chi connectivity index (χ4v) is 2.21. The molecule has 0 bridgehead atoms. The summed E-state index contributed by atoms with van der Waals surface area (Å²) in [4.78, 5) is 0. The van der Waals surface area contributed by atoms with Gasteiger partial charge in [0, 0.05) is 17.1 Å². The van der Waals surface area contributed by atoms with Crippen LogP contribution in [0.2, 0.25) is 0 Å². The van der Waals surface area contributed by atoms with E-state index in [4.69, 9.17) is 4.18 Å². The standard InChI is InChI=1S/C11H16O3S.Mn/c1-2-3-9-14-15(12,13)10-11-7-5-4-6-8-11;/h4-8H,2-3,9-10H2,1H3;. The van der Waals surface area contributed by atoms with E-state index >= 15 is 0 Å². The molecule has 1 rings (SSSR count). The Hall–Kier alpha value is -0.351. The summed E-state index contributed by atoms with van der Waals surface area (Å²) in [5.74, 6) is -0.0441. The largest absolute Gasteiger partial charge is 0.271 e. The summed E-state index contributed by atoms with van der Waals surface area (Å²) in [5, 5.41) is 0. The summed E-state index contributed by atoms with van der Waals surface area (Å²) in [7, 11) is -3.41. The van der Waals surface area contributed by atoms with Crippen molar-refractivity contribution < 1.29 is 29.7 Å². The zero-order chi connectivity index (χ0) is 11.1. The van der Waals surface area contributed by atoms with Gasteiger partial charge in [-0.3, -0.25) is 4.18 Å². The Morgan fingerprint density at radius 1 is 1.19 bits per heavy atom. The van der Waals surface area contributed by atoms with Crippen molar-refractivity contribution in [2.24, 2.45) is 0 Å². The molecule has 0 aromatic heterocycles. The zero-order valence-electron chi connectivity index (χ0n) is 9.23.